The summed E-state index contributed by atoms with van der Waals surface area (Å²) in [4.78, 5) is 32.6. The van der Waals surface area contributed by atoms with Gasteiger partial charge in [0.25, 0.3) is 5.56 Å². The summed E-state index contributed by atoms with van der Waals surface area (Å²) < 4.78 is 60.3. The minimum absolute atomic E-state index is 0.0497. The van der Waals surface area contributed by atoms with Gasteiger partial charge in [-0.25, -0.2) is 9.37 Å². The third-order valence-corrected chi connectivity index (χ3v) is 6.01. The number of halogens is 4. The van der Waals surface area contributed by atoms with Crippen molar-refractivity contribution in [1.82, 2.24) is 9.97 Å². The van der Waals surface area contributed by atoms with E-state index in [2.05, 4.69) is 14.7 Å². The number of ketones is 1. The smallest absolute Gasteiger partial charge is 0.497 e. The number of alkyl halides is 3. The minimum Gasteiger partial charge on any atom is -0.497 e. The van der Waals surface area contributed by atoms with Gasteiger partial charge < -0.3 is 14.5 Å². The van der Waals surface area contributed by atoms with E-state index in [0.29, 0.717) is 17.7 Å². The molecule has 0 unspecified atom stereocenters. The number of H-pyrrole nitrogens is 1. The molecule has 1 N–H and O–H groups in total. The van der Waals surface area contributed by atoms with Gasteiger partial charge in [-0.2, -0.15) is 0 Å². The Kier molecular flexibility index (Phi) is 7.86. The monoisotopic (exact) mass is 506 g/mol. The number of Topliss-reactive ketones (excluding diaryl/α,β-unsaturated/α-hetero) is 1. The number of nitrogens with one attached hydrogen (secondary N) is 1. The summed E-state index contributed by atoms with van der Waals surface area (Å²) >= 11 is 0. The highest BCUT2D eigenvalue weighted by Gasteiger charge is 2.33. The number of nitrogens with zero attached hydrogens (tertiary/aromatic N) is 1. The lowest BCUT2D eigenvalue weighted by Gasteiger charge is -2.25. The number of ether oxygens (including phenoxy) is 2. The fraction of sp³-hybridized carbons (Fsp3) is 0.346. The fourth-order valence-corrected chi connectivity index (χ4v) is 3.85. The van der Waals surface area contributed by atoms with Crippen LogP contribution in [-0.4, -0.2) is 29.2 Å². The Morgan fingerprint density at radius 2 is 1.75 bits per heavy atom. The number of hydrogen-bond donors (Lipinski definition) is 1. The van der Waals surface area contributed by atoms with Gasteiger partial charge in [-0.15, -0.1) is 13.2 Å². The molecule has 2 aromatic carbocycles. The van der Waals surface area contributed by atoms with Crippen LogP contribution in [0.2, 0.25) is 0 Å². The lowest BCUT2D eigenvalue weighted by molar-refractivity contribution is -0.275. The predicted molar refractivity (Wildman–Crippen MR) is 125 cm³/mol. The van der Waals surface area contributed by atoms with Crippen molar-refractivity contribution in [3.63, 3.8) is 0 Å². The number of hydrogen-bond acceptors (Lipinski definition) is 5. The highest BCUT2D eigenvalue weighted by molar-refractivity contribution is 5.94. The molecule has 0 radical (unpaired) electrons. The van der Waals surface area contributed by atoms with Crippen LogP contribution in [0.3, 0.4) is 0 Å². The van der Waals surface area contributed by atoms with E-state index < -0.39 is 40.6 Å². The number of carbonyl (C=O) groups is 1. The molecular weight excluding hydrogens is 480 g/mol. The molecule has 192 valence electrons. The number of aromatic nitrogens is 2. The Labute approximate surface area is 205 Å². The number of benzene rings is 2. The predicted octanol–water partition coefficient (Wildman–Crippen LogP) is 5.91. The third-order valence-electron chi connectivity index (χ3n) is 6.01. The zero-order chi connectivity index (χ0) is 26.7. The molecule has 1 aromatic heterocycles. The Morgan fingerprint density at radius 3 is 2.31 bits per heavy atom. The third kappa shape index (κ3) is 6.30. The Morgan fingerprint density at radius 1 is 1.08 bits per heavy atom. The molecule has 0 saturated heterocycles. The number of methoxy groups -OCH3 is 1. The van der Waals surface area contributed by atoms with Crippen molar-refractivity contribution in [2.24, 2.45) is 0 Å². The molecule has 0 amide bonds. The zero-order valence-electron chi connectivity index (χ0n) is 20.2. The maximum absolute atomic E-state index is 14.2. The van der Waals surface area contributed by atoms with Crippen LogP contribution in [0.15, 0.2) is 53.3 Å². The second kappa shape index (κ2) is 10.5. The highest BCUT2D eigenvalue weighted by atomic mass is 19.4. The number of carbonyl (C=O) groups excluding carboxylic acids is 1. The molecule has 1 atom stereocenters. The van der Waals surface area contributed by atoms with Gasteiger partial charge in [0, 0.05) is 17.9 Å². The number of aromatic amines is 1. The van der Waals surface area contributed by atoms with Gasteiger partial charge in [0.15, 0.2) is 17.3 Å². The van der Waals surface area contributed by atoms with Crippen molar-refractivity contribution in [3.05, 3.63) is 87.3 Å². The Hall–Kier alpha value is -3.69. The van der Waals surface area contributed by atoms with Gasteiger partial charge in [0.2, 0.25) is 0 Å². The first-order chi connectivity index (χ1) is 16.8. The molecule has 0 aliphatic carbocycles. The van der Waals surface area contributed by atoms with Crippen molar-refractivity contribution in [1.29, 1.82) is 0 Å². The normalized spacial score (nSPS) is 12.8. The molecule has 3 aromatic rings. The average molecular weight is 506 g/mol. The van der Waals surface area contributed by atoms with Crippen LogP contribution in [0.5, 0.6) is 11.5 Å². The van der Waals surface area contributed by atoms with E-state index in [4.69, 9.17) is 4.74 Å². The first kappa shape index (κ1) is 26.9. The van der Waals surface area contributed by atoms with Crippen molar-refractivity contribution >= 4 is 5.78 Å². The van der Waals surface area contributed by atoms with Gasteiger partial charge in [-0.1, -0.05) is 25.1 Å². The lowest BCUT2D eigenvalue weighted by Crippen LogP contribution is -2.28. The van der Waals surface area contributed by atoms with Gasteiger partial charge in [0.1, 0.15) is 17.3 Å². The van der Waals surface area contributed by atoms with Gasteiger partial charge in [0.05, 0.1) is 7.11 Å². The molecule has 0 aliphatic rings. The van der Waals surface area contributed by atoms with E-state index in [-0.39, 0.29) is 17.9 Å². The summed E-state index contributed by atoms with van der Waals surface area (Å²) in [5.74, 6) is -2.14. The van der Waals surface area contributed by atoms with Crippen molar-refractivity contribution in [3.8, 4) is 11.5 Å². The van der Waals surface area contributed by atoms with Gasteiger partial charge in [-0.3, -0.25) is 9.59 Å². The first-order valence-electron chi connectivity index (χ1n) is 11.2. The highest BCUT2D eigenvalue weighted by Crippen LogP contribution is 2.32. The molecule has 0 aliphatic heterocycles. The van der Waals surface area contributed by atoms with Crippen LogP contribution in [0.4, 0.5) is 17.6 Å². The van der Waals surface area contributed by atoms with Crippen LogP contribution in [0, 0.1) is 5.82 Å². The second-order valence-corrected chi connectivity index (χ2v) is 8.80. The van der Waals surface area contributed by atoms with E-state index in [1.807, 2.05) is 26.0 Å². The van der Waals surface area contributed by atoms with Crippen LogP contribution < -0.4 is 15.0 Å². The van der Waals surface area contributed by atoms with Crippen LogP contribution in [0.25, 0.3) is 0 Å². The van der Waals surface area contributed by atoms with Gasteiger partial charge >= 0.3 is 6.36 Å². The first-order valence-corrected chi connectivity index (χ1v) is 11.2. The summed E-state index contributed by atoms with van der Waals surface area (Å²) in [7, 11) is 1.55. The topological polar surface area (TPSA) is 81.3 Å². The van der Waals surface area contributed by atoms with E-state index >= 15 is 0 Å². The summed E-state index contributed by atoms with van der Waals surface area (Å²) in [6, 6.07) is 11.4. The maximum Gasteiger partial charge on any atom is 0.573 e. The van der Waals surface area contributed by atoms with Crippen LogP contribution in [0.1, 0.15) is 67.0 Å². The Balaban J connectivity index is 1.86. The molecule has 36 heavy (non-hydrogen) atoms. The molecular formula is C26H26F4N2O4. The largest absolute Gasteiger partial charge is 0.573 e. The van der Waals surface area contributed by atoms with Crippen LogP contribution in [-0.2, 0) is 5.41 Å². The summed E-state index contributed by atoms with van der Waals surface area (Å²) in [6.45, 7) is 5.46. The summed E-state index contributed by atoms with van der Waals surface area (Å²) in [6.07, 6.45) is -4.74. The lowest BCUT2D eigenvalue weighted by atomic mass is 9.83. The van der Waals surface area contributed by atoms with Crippen molar-refractivity contribution in [2.45, 2.75) is 51.3 Å². The summed E-state index contributed by atoms with van der Waals surface area (Å²) in [5, 5.41) is 0. The SMILES string of the molecule is CC[C@@H](CC(=O)c1cc(=O)[nH]c(C(C)(C)c2ccc(OC)cc2)n1)c1ccc(OC(F)(F)F)c(F)c1. The Bertz CT molecular complexity index is 1280. The van der Waals surface area contributed by atoms with Crippen molar-refractivity contribution < 1.29 is 31.8 Å². The van der Waals surface area contributed by atoms with E-state index in [1.54, 1.807) is 26.2 Å². The zero-order valence-corrected chi connectivity index (χ0v) is 20.2. The molecule has 0 fully saturated rings. The average Bonchev–Trinajstić information content (AvgIpc) is 2.82. The molecule has 0 spiro atoms. The fourth-order valence-electron chi connectivity index (χ4n) is 3.85. The second-order valence-electron chi connectivity index (χ2n) is 8.80. The molecule has 6 nitrogen and oxygen atoms in total. The van der Waals surface area contributed by atoms with E-state index in [0.717, 1.165) is 23.8 Å². The standard InChI is InChI=1S/C26H26F4N2O4/c1-5-15(16-6-11-22(19(27)12-16)36-26(28,29)30)13-21(33)20-14-23(34)32-24(31-20)25(2,3)17-7-9-18(35-4)10-8-17/h6-12,14-15H,5,13H2,1-4H3,(H,31,32,34)/t15-/m0/s1. The molecule has 3 rings (SSSR count). The summed E-state index contributed by atoms with van der Waals surface area (Å²) in [5.41, 5.74) is -0.131. The van der Waals surface area contributed by atoms with Gasteiger partial charge in [-0.05, 0) is 61.6 Å². The minimum atomic E-state index is -5.02. The number of rotatable bonds is 9. The van der Waals surface area contributed by atoms with E-state index in [9.17, 15) is 27.2 Å². The molecule has 1 heterocycles. The quantitative estimate of drug-likeness (QED) is 0.288. The molecule has 10 heteroatoms. The van der Waals surface area contributed by atoms with Crippen molar-refractivity contribution in [2.75, 3.05) is 7.11 Å². The van der Waals surface area contributed by atoms with Crippen LogP contribution >= 0.6 is 0 Å². The maximum atomic E-state index is 14.2. The van der Waals surface area contributed by atoms with E-state index in [1.165, 1.54) is 6.07 Å². The molecule has 0 saturated carbocycles. The molecule has 0 bridgehead atoms.